The lowest BCUT2D eigenvalue weighted by atomic mass is 10.3. The van der Waals surface area contributed by atoms with Gasteiger partial charge in [-0.15, -0.1) is 0 Å². The SMILES string of the molecule is O=C(O)COC(=O)COC(=O)CCC(=O)OCC(=O)OCC(=O)O. The molecule has 0 aromatic rings. The number of rotatable bonds is 11. The molecule has 0 amide bonds. The maximum absolute atomic E-state index is 11.2. The number of carboxylic acids is 2. The molecule has 12 nitrogen and oxygen atoms in total. The summed E-state index contributed by atoms with van der Waals surface area (Å²) in [5.41, 5.74) is 0. The summed E-state index contributed by atoms with van der Waals surface area (Å²) in [5.74, 6) is -6.80. The Morgan fingerprint density at radius 1 is 0.500 bits per heavy atom. The molecule has 12 heteroatoms. The van der Waals surface area contributed by atoms with Gasteiger partial charge in [0.15, 0.2) is 26.4 Å². The second-order valence-corrected chi connectivity index (χ2v) is 3.93. The van der Waals surface area contributed by atoms with Crippen LogP contribution in [0.25, 0.3) is 0 Å². The molecule has 0 aliphatic carbocycles. The van der Waals surface area contributed by atoms with Crippen LogP contribution in [-0.4, -0.2) is 72.5 Å². The molecular formula is C12H14O12. The van der Waals surface area contributed by atoms with E-state index in [-0.39, 0.29) is 0 Å². The third-order valence-corrected chi connectivity index (χ3v) is 1.95. The van der Waals surface area contributed by atoms with E-state index in [1.165, 1.54) is 0 Å². The Bertz CT molecular complexity index is 462. The van der Waals surface area contributed by atoms with Gasteiger partial charge in [-0.3, -0.25) is 9.59 Å². The van der Waals surface area contributed by atoms with Gasteiger partial charge in [-0.25, -0.2) is 19.2 Å². The van der Waals surface area contributed by atoms with E-state index in [4.69, 9.17) is 10.2 Å². The van der Waals surface area contributed by atoms with Gasteiger partial charge in [0.05, 0.1) is 12.8 Å². The molecule has 24 heavy (non-hydrogen) atoms. The lowest BCUT2D eigenvalue weighted by Gasteiger charge is -2.05. The predicted molar refractivity (Wildman–Crippen MR) is 68.3 cm³/mol. The summed E-state index contributed by atoms with van der Waals surface area (Å²) in [4.78, 5) is 64.5. The van der Waals surface area contributed by atoms with Gasteiger partial charge >= 0.3 is 35.8 Å². The van der Waals surface area contributed by atoms with Crippen LogP contribution in [0.3, 0.4) is 0 Å². The minimum absolute atomic E-state index is 0.463. The molecule has 0 saturated heterocycles. The van der Waals surface area contributed by atoms with E-state index in [9.17, 15) is 28.8 Å². The van der Waals surface area contributed by atoms with Crippen LogP contribution < -0.4 is 0 Å². The Morgan fingerprint density at radius 2 is 0.792 bits per heavy atom. The molecule has 0 bridgehead atoms. The Morgan fingerprint density at radius 3 is 1.08 bits per heavy atom. The fourth-order valence-electron chi connectivity index (χ4n) is 0.995. The third-order valence-electron chi connectivity index (χ3n) is 1.95. The largest absolute Gasteiger partial charge is 0.479 e. The van der Waals surface area contributed by atoms with E-state index in [1.807, 2.05) is 0 Å². The first-order valence-electron chi connectivity index (χ1n) is 6.26. The lowest BCUT2D eigenvalue weighted by molar-refractivity contribution is -0.165. The Kier molecular flexibility index (Phi) is 9.89. The molecule has 0 saturated carbocycles. The highest BCUT2D eigenvalue weighted by Crippen LogP contribution is 1.97. The smallest absolute Gasteiger partial charge is 0.344 e. The van der Waals surface area contributed by atoms with Crippen LogP contribution in [0.1, 0.15) is 12.8 Å². The van der Waals surface area contributed by atoms with E-state index in [2.05, 4.69) is 18.9 Å². The molecule has 0 aliphatic rings. The minimum Gasteiger partial charge on any atom is -0.479 e. The van der Waals surface area contributed by atoms with Gasteiger partial charge in [0, 0.05) is 0 Å². The van der Waals surface area contributed by atoms with Crippen molar-refractivity contribution in [1.82, 2.24) is 0 Å². The van der Waals surface area contributed by atoms with Crippen molar-refractivity contribution in [3.05, 3.63) is 0 Å². The van der Waals surface area contributed by atoms with Crippen molar-refractivity contribution in [2.24, 2.45) is 0 Å². The van der Waals surface area contributed by atoms with Crippen LogP contribution in [0.15, 0.2) is 0 Å². The maximum Gasteiger partial charge on any atom is 0.344 e. The van der Waals surface area contributed by atoms with Gasteiger partial charge in [0.1, 0.15) is 0 Å². The number of carbonyl (C=O) groups is 6. The van der Waals surface area contributed by atoms with E-state index >= 15 is 0 Å². The van der Waals surface area contributed by atoms with Gasteiger partial charge in [-0.1, -0.05) is 0 Å². The first-order chi connectivity index (χ1) is 11.2. The molecule has 0 radical (unpaired) electrons. The third kappa shape index (κ3) is 12.6. The Labute approximate surface area is 134 Å². The van der Waals surface area contributed by atoms with Crippen molar-refractivity contribution in [3.63, 3.8) is 0 Å². The second-order valence-electron chi connectivity index (χ2n) is 3.93. The monoisotopic (exact) mass is 350 g/mol. The Hall–Kier alpha value is -3.18. The van der Waals surface area contributed by atoms with E-state index in [0.717, 1.165) is 0 Å². The Balaban J connectivity index is 3.80. The summed E-state index contributed by atoms with van der Waals surface area (Å²) < 4.78 is 17.2. The van der Waals surface area contributed by atoms with Crippen molar-refractivity contribution < 1.29 is 57.9 Å². The molecule has 0 unspecified atom stereocenters. The van der Waals surface area contributed by atoms with Crippen LogP contribution in [-0.2, 0) is 47.7 Å². The highest BCUT2D eigenvalue weighted by molar-refractivity contribution is 5.82. The zero-order valence-corrected chi connectivity index (χ0v) is 12.2. The summed E-state index contributed by atoms with van der Waals surface area (Å²) in [7, 11) is 0. The predicted octanol–water partition coefficient (Wildman–Crippen LogP) is -1.89. The van der Waals surface area contributed by atoms with Crippen LogP contribution in [0.4, 0.5) is 0 Å². The molecule has 0 fully saturated rings. The lowest BCUT2D eigenvalue weighted by Crippen LogP contribution is -2.21. The first-order valence-corrected chi connectivity index (χ1v) is 6.26. The highest BCUT2D eigenvalue weighted by atomic mass is 16.6. The van der Waals surface area contributed by atoms with Gasteiger partial charge in [0.25, 0.3) is 0 Å². The number of aliphatic carboxylic acids is 2. The highest BCUT2D eigenvalue weighted by Gasteiger charge is 2.14. The number of carbonyl (C=O) groups excluding carboxylic acids is 4. The average molecular weight is 350 g/mol. The maximum atomic E-state index is 11.2. The van der Waals surface area contributed by atoms with Gasteiger partial charge in [-0.2, -0.15) is 0 Å². The number of hydrogen-bond donors (Lipinski definition) is 2. The molecule has 0 heterocycles. The van der Waals surface area contributed by atoms with Gasteiger partial charge in [-0.05, 0) is 0 Å². The fourth-order valence-corrected chi connectivity index (χ4v) is 0.995. The van der Waals surface area contributed by atoms with E-state index < -0.39 is 75.1 Å². The second kappa shape index (κ2) is 11.4. The van der Waals surface area contributed by atoms with Crippen LogP contribution >= 0.6 is 0 Å². The van der Waals surface area contributed by atoms with E-state index in [1.54, 1.807) is 0 Å². The van der Waals surface area contributed by atoms with Gasteiger partial charge < -0.3 is 29.2 Å². The number of hydrogen-bond acceptors (Lipinski definition) is 10. The summed E-state index contributed by atoms with van der Waals surface area (Å²) in [5, 5.41) is 16.5. The molecule has 2 N–H and O–H groups in total. The summed E-state index contributed by atoms with van der Waals surface area (Å²) in [6.45, 7) is -3.38. The average Bonchev–Trinajstić information content (AvgIpc) is 2.52. The van der Waals surface area contributed by atoms with Crippen molar-refractivity contribution in [2.75, 3.05) is 26.4 Å². The summed E-state index contributed by atoms with van der Waals surface area (Å²) in [6, 6.07) is 0. The first kappa shape index (κ1) is 20.8. The molecule has 0 rings (SSSR count). The van der Waals surface area contributed by atoms with Crippen LogP contribution in [0.2, 0.25) is 0 Å². The van der Waals surface area contributed by atoms with Crippen molar-refractivity contribution in [2.45, 2.75) is 12.8 Å². The van der Waals surface area contributed by atoms with Gasteiger partial charge in [0.2, 0.25) is 0 Å². The number of esters is 4. The molecule has 0 aromatic heterocycles. The number of ether oxygens (including phenoxy) is 4. The van der Waals surface area contributed by atoms with Crippen molar-refractivity contribution in [1.29, 1.82) is 0 Å². The molecule has 134 valence electrons. The molecule has 0 aliphatic heterocycles. The standard InChI is InChI=1S/C12H14O12/c13-7(14)3-21-11(19)5-23-9(17)1-2-10(18)24-6-12(20)22-4-8(15)16/h1-6H2,(H,13,14)(H,15,16). The topological polar surface area (TPSA) is 180 Å². The quantitative estimate of drug-likeness (QED) is 0.313. The minimum atomic E-state index is -1.38. The van der Waals surface area contributed by atoms with Crippen molar-refractivity contribution in [3.8, 4) is 0 Å². The zero-order chi connectivity index (χ0) is 18.5. The summed E-state index contributed by atoms with van der Waals surface area (Å²) >= 11 is 0. The zero-order valence-electron chi connectivity index (χ0n) is 12.2. The van der Waals surface area contributed by atoms with E-state index in [0.29, 0.717) is 0 Å². The van der Waals surface area contributed by atoms with Crippen LogP contribution in [0, 0.1) is 0 Å². The number of carboxylic acid groups (broad SMARTS) is 2. The van der Waals surface area contributed by atoms with Crippen LogP contribution in [0.5, 0.6) is 0 Å². The molecule has 0 spiro atoms. The summed E-state index contributed by atoms with van der Waals surface area (Å²) in [6.07, 6.45) is -0.926. The molecule has 0 aromatic carbocycles. The fraction of sp³-hybridized carbons (Fsp3) is 0.500. The normalized spacial score (nSPS) is 9.50. The molecule has 0 atom stereocenters. The van der Waals surface area contributed by atoms with Crippen molar-refractivity contribution >= 4 is 35.8 Å². The molecular weight excluding hydrogens is 336 g/mol.